The summed E-state index contributed by atoms with van der Waals surface area (Å²) in [5.74, 6) is 0. The Kier molecular flexibility index (Phi) is 545. The Hall–Kier alpha value is -6.38. The molecule has 0 aliphatic carbocycles. The molecule has 0 saturated heterocycles. The summed E-state index contributed by atoms with van der Waals surface area (Å²) < 4.78 is 12.2. The van der Waals surface area contributed by atoms with E-state index in [-0.39, 0.29) is 0 Å². The van der Waals surface area contributed by atoms with Gasteiger partial charge in [-0.3, -0.25) is 5.10 Å². The number of hydrazone groups is 1. The summed E-state index contributed by atoms with van der Waals surface area (Å²) >= 11 is 2.84. The monoisotopic (exact) mass is 1290 g/mol. The molecule has 0 spiro atoms. The van der Waals surface area contributed by atoms with Gasteiger partial charge in [0.2, 0.25) is 19.2 Å². The summed E-state index contributed by atoms with van der Waals surface area (Å²) in [6.45, 7) is 85.8. The molecule has 0 saturated carbocycles. The minimum absolute atomic E-state index is 0.778. The number of aromatic amines is 3. The van der Waals surface area contributed by atoms with E-state index in [2.05, 4.69) is 126 Å². The van der Waals surface area contributed by atoms with Crippen molar-refractivity contribution < 1.29 is 13.8 Å². The molecule has 0 unspecified atom stereocenters. The van der Waals surface area contributed by atoms with Crippen molar-refractivity contribution in [1.29, 1.82) is 0 Å². The maximum atomic E-state index is 4.51. The summed E-state index contributed by atoms with van der Waals surface area (Å²) in [6, 6.07) is 0. The zero-order chi connectivity index (χ0) is 73.8. The highest BCUT2D eigenvalue weighted by Crippen LogP contribution is 1.86. The number of nitrogens with one attached hydrogen (secondary N) is 4. The van der Waals surface area contributed by atoms with Crippen LogP contribution in [0.2, 0.25) is 0 Å². The average Bonchev–Trinajstić information content (AvgIpc) is 4.51. The summed E-state index contributed by atoms with van der Waals surface area (Å²) in [7, 11) is 0. The molecule has 4 N–H and O–H groups in total. The second-order valence-corrected chi connectivity index (χ2v) is 7.33. The van der Waals surface area contributed by atoms with Crippen molar-refractivity contribution >= 4 is 35.3 Å². The molecule has 7 aromatic rings. The maximum Gasteiger partial charge on any atom is 0.213 e. The van der Waals surface area contributed by atoms with E-state index in [9.17, 15) is 0 Å². The Morgan fingerprint density at radius 1 is 0.368 bits per heavy atom. The van der Waals surface area contributed by atoms with Crippen LogP contribution in [-0.4, -0.2) is 122 Å². The molecule has 0 aromatic carbocycles. The normalized spacial score (nSPS) is 6.87. The zero-order valence-corrected chi connectivity index (χ0v) is 66.6. The van der Waals surface area contributed by atoms with Gasteiger partial charge >= 0.3 is 0 Å². The molecule has 0 amide bonds. The van der Waals surface area contributed by atoms with E-state index >= 15 is 0 Å². The van der Waals surface area contributed by atoms with Gasteiger partial charge < -0.3 is 19.2 Å². The van der Waals surface area contributed by atoms with Gasteiger partial charge in [0, 0.05) is 31.8 Å². The maximum absolute atomic E-state index is 4.51. The Morgan fingerprint density at radius 3 is 0.874 bits per heavy atom. The van der Waals surface area contributed by atoms with Crippen LogP contribution < -0.4 is 5.43 Å². The van der Waals surface area contributed by atoms with Crippen molar-refractivity contribution in [2.45, 2.75) is 304 Å². The molecule has 0 fully saturated rings. The van der Waals surface area contributed by atoms with Gasteiger partial charge in [0.25, 0.3) is 0 Å². The lowest BCUT2D eigenvalue weighted by atomic mass is 10.5. The van der Waals surface area contributed by atoms with Gasteiger partial charge in [-0.05, 0) is 11.5 Å². The quantitative estimate of drug-likeness (QED) is 0.110. The molecule has 9 heterocycles. The van der Waals surface area contributed by atoms with Crippen LogP contribution in [0, 0.1) is 0 Å². The summed E-state index contributed by atoms with van der Waals surface area (Å²) in [4.78, 5) is 15.1. The smallest absolute Gasteiger partial charge is 0.213 e. The van der Waals surface area contributed by atoms with Crippen LogP contribution in [0.1, 0.15) is 304 Å². The van der Waals surface area contributed by atoms with Crippen molar-refractivity contribution in [3.8, 4) is 0 Å². The molecular weight excluding hydrogens is 1140 g/mol. The molecule has 7 aromatic heterocycles. The highest BCUT2D eigenvalue weighted by Gasteiger charge is 1.86. The third-order valence-corrected chi connectivity index (χ3v) is 3.92. The third-order valence-electron chi connectivity index (χ3n) is 3.06. The van der Waals surface area contributed by atoms with Crippen LogP contribution in [-0.2, 0) is 4.84 Å². The molecule has 2 aliphatic heterocycles. The number of tetrazole rings is 2. The fourth-order valence-corrected chi connectivity index (χ4v) is 2.10. The standard InChI is InChI=1S/C3H6N2.C3H5NO.C2H3N3.2C2H2N2O.2C2H2N2S.21C2H6.2CH2N4/c2*1-2-4-5-3-1;1-3-2-5-4-1;1-3-4-2-5-1;1-3-2-5-4-1;1-3-4-2-5-1;1-3-2-5-4-1;21*1-2;2*1-2-4-5-3-1/h2,5H,1,3H2;2H,1,3H2;1-2H,(H,3,4,5);4*1-2H;21*1-2H3;2*1H,(H,2,3,4,5). The summed E-state index contributed by atoms with van der Waals surface area (Å²) in [6.07, 6.45) is 18.0. The van der Waals surface area contributed by atoms with Gasteiger partial charge in [0.15, 0.2) is 19.0 Å². The van der Waals surface area contributed by atoms with Gasteiger partial charge in [0.05, 0.1) is 0 Å². The summed E-state index contributed by atoms with van der Waals surface area (Å²) in [5, 5.41) is 54.3. The predicted octanol–water partition coefficient (Wildman–Crippen LogP) is 21.3. The van der Waals surface area contributed by atoms with Gasteiger partial charge in [0.1, 0.15) is 42.1 Å². The van der Waals surface area contributed by atoms with Crippen LogP contribution in [0.5, 0.6) is 0 Å². The summed E-state index contributed by atoms with van der Waals surface area (Å²) in [5.41, 5.74) is 7.83. The molecule has 0 atom stereocenters. The minimum atomic E-state index is 0.778. The SMILES string of the molecule is C1=NNCC1.C1=NOCC1.CC.CC.CC.CC.CC.CC.CC.CC.CC.CC.CC.CC.CC.CC.CC.CC.CC.CC.CC.CC.CC.c1nc[nH]n1.c1ncon1.c1ncsn1.c1nn[nH]n1.c1nn[nH]n1.c1nnco1.c1nncs1. The molecule has 532 valence electrons. The first-order chi connectivity index (χ1) is 43.5. The topological polar surface area (TPSA) is 326 Å². The second kappa shape index (κ2) is 330. The molecule has 0 bridgehead atoms. The minimum Gasteiger partial charge on any atom is -0.431 e. The molecule has 9 rings (SSSR count). The average molecular weight is 1290 g/mol. The number of H-pyrrole nitrogens is 3. The molecule has 2 aliphatic rings. The fourth-order valence-electron chi connectivity index (χ4n) is 1.56. The van der Waals surface area contributed by atoms with Crippen molar-refractivity contribution in [2.24, 2.45) is 10.3 Å². The lowest BCUT2D eigenvalue weighted by molar-refractivity contribution is 0.174. The largest absolute Gasteiger partial charge is 0.431 e. The van der Waals surface area contributed by atoms with Crippen molar-refractivity contribution in [1.82, 2.24) is 102 Å². The van der Waals surface area contributed by atoms with Crippen molar-refractivity contribution in [2.75, 3.05) is 13.2 Å². The molecule has 27 heteroatoms. The molecular formula is C60H152N22O3S2. The lowest BCUT2D eigenvalue weighted by Crippen LogP contribution is -1.96. The number of rotatable bonds is 0. The number of hydrogen-bond donors (Lipinski definition) is 4. The molecule has 87 heavy (non-hydrogen) atoms. The first-order valence-electron chi connectivity index (χ1n) is 32.8. The highest BCUT2D eigenvalue weighted by molar-refractivity contribution is 7.07. The van der Waals surface area contributed by atoms with E-state index in [4.69, 9.17) is 0 Å². The zero-order valence-electron chi connectivity index (χ0n) is 65.0. The van der Waals surface area contributed by atoms with Crippen LogP contribution in [0.4, 0.5) is 0 Å². The second-order valence-electron chi connectivity index (χ2n) is 6.01. The van der Waals surface area contributed by atoms with Gasteiger partial charge in [-0.2, -0.15) is 25.0 Å². The third kappa shape index (κ3) is 322. The molecule has 25 nitrogen and oxygen atoms in total. The van der Waals surface area contributed by atoms with Crippen molar-refractivity contribution in [3.63, 3.8) is 0 Å². The lowest BCUT2D eigenvalue weighted by Gasteiger charge is -1.76. The number of hydrogen-bond acceptors (Lipinski definition) is 24. The first kappa shape index (κ1) is 144. The van der Waals surface area contributed by atoms with E-state index in [1.807, 2.05) is 297 Å². The number of nitrogens with zero attached hydrogens (tertiary/aromatic N) is 18. The number of oxime groups is 1. The van der Waals surface area contributed by atoms with E-state index in [0.717, 1.165) is 26.0 Å². The van der Waals surface area contributed by atoms with Gasteiger partial charge in [-0.1, -0.05) is 312 Å². The first-order valence-corrected chi connectivity index (χ1v) is 34.5. The Balaban J connectivity index is -0.0000000276. The van der Waals surface area contributed by atoms with Gasteiger partial charge in [-0.15, -0.1) is 52.1 Å². The van der Waals surface area contributed by atoms with Gasteiger partial charge in [-0.25, -0.2) is 15.0 Å². The van der Waals surface area contributed by atoms with Crippen LogP contribution in [0.15, 0.2) is 92.9 Å². The number of aromatic nitrogens is 19. The Bertz CT molecular complexity index is 977. The fraction of sp³-hybridized carbons (Fsp3) is 0.767. The Labute approximate surface area is 549 Å². The van der Waals surface area contributed by atoms with Crippen LogP contribution in [0.3, 0.4) is 0 Å². The van der Waals surface area contributed by atoms with Crippen LogP contribution in [0.25, 0.3) is 0 Å². The van der Waals surface area contributed by atoms with E-state index in [0.29, 0.717) is 0 Å². The van der Waals surface area contributed by atoms with E-state index < -0.39 is 0 Å². The highest BCUT2D eigenvalue weighted by atomic mass is 32.1. The molecule has 0 radical (unpaired) electrons. The Morgan fingerprint density at radius 2 is 0.782 bits per heavy atom. The van der Waals surface area contributed by atoms with Crippen LogP contribution >= 0.6 is 22.9 Å². The van der Waals surface area contributed by atoms with Crippen molar-refractivity contribution in [3.05, 3.63) is 73.7 Å². The van der Waals surface area contributed by atoms with E-state index in [1.54, 1.807) is 22.7 Å². The predicted molar refractivity (Wildman–Crippen MR) is 392 cm³/mol. The van der Waals surface area contributed by atoms with E-state index in [1.165, 1.54) is 80.0 Å².